The maximum absolute atomic E-state index is 13.3. The van der Waals surface area contributed by atoms with Crippen molar-refractivity contribution in [1.29, 1.82) is 0 Å². The summed E-state index contributed by atoms with van der Waals surface area (Å²) < 4.78 is 10.8. The second-order valence-electron chi connectivity index (χ2n) is 7.55. The van der Waals surface area contributed by atoms with E-state index in [1.807, 2.05) is 64.1 Å². The van der Waals surface area contributed by atoms with Crippen LogP contribution in [0.2, 0.25) is 0 Å². The van der Waals surface area contributed by atoms with Gasteiger partial charge in [0.05, 0.1) is 0 Å². The largest absolute Gasteiger partial charge is 0.454 e. The minimum atomic E-state index is -0.601. The van der Waals surface area contributed by atoms with Crippen LogP contribution in [0.3, 0.4) is 0 Å². The van der Waals surface area contributed by atoms with Crippen LogP contribution in [-0.4, -0.2) is 36.1 Å². The molecule has 1 aliphatic heterocycles. The number of likely N-dealkylation sites (N-methyl/N-ethyl adjacent to an activating group) is 1. The topological polar surface area (TPSA) is 67.9 Å². The van der Waals surface area contributed by atoms with E-state index in [0.717, 1.165) is 11.1 Å². The fraction of sp³-hybridized carbons (Fsp3) is 0.391. The van der Waals surface area contributed by atoms with Gasteiger partial charge in [0.2, 0.25) is 12.7 Å². The smallest absolute Gasteiger partial charge is 0.252 e. The van der Waals surface area contributed by atoms with E-state index >= 15 is 0 Å². The molecule has 6 heteroatoms. The lowest BCUT2D eigenvalue weighted by molar-refractivity contribution is -0.134. The molecule has 1 heterocycles. The van der Waals surface area contributed by atoms with E-state index in [1.165, 1.54) is 0 Å². The maximum atomic E-state index is 13.3. The molecular weight excluding hydrogens is 368 g/mol. The molecule has 0 bridgehead atoms. The van der Waals surface area contributed by atoms with Crippen LogP contribution in [0.1, 0.15) is 42.3 Å². The first kappa shape index (κ1) is 20.7. The van der Waals surface area contributed by atoms with E-state index in [4.69, 9.17) is 9.47 Å². The highest BCUT2D eigenvalue weighted by molar-refractivity contribution is 5.98. The molecule has 0 aromatic heterocycles. The predicted octanol–water partition coefficient (Wildman–Crippen LogP) is 3.53. The zero-order valence-corrected chi connectivity index (χ0v) is 17.4. The van der Waals surface area contributed by atoms with Gasteiger partial charge in [0.15, 0.2) is 11.5 Å². The zero-order chi connectivity index (χ0) is 21.0. The predicted molar refractivity (Wildman–Crippen MR) is 111 cm³/mol. The number of aryl methyl sites for hydroxylation is 1. The molecule has 2 aromatic rings. The SMILES string of the molecule is CCN(Cc1ccc2c(c1)OCO2)C(=O)[C@@H](NC(=O)c1ccccc1C)C(C)C. The van der Waals surface area contributed by atoms with Crippen LogP contribution in [0.5, 0.6) is 11.5 Å². The van der Waals surface area contributed by atoms with E-state index in [9.17, 15) is 9.59 Å². The molecule has 3 rings (SSSR count). The van der Waals surface area contributed by atoms with Gasteiger partial charge in [-0.1, -0.05) is 38.1 Å². The van der Waals surface area contributed by atoms with Crippen LogP contribution in [0.4, 0.5) is 0 Å². The van der Waals surface area contributed by atoms with E-state index in [1.54, 1.807) is 11.0 Å². The minimum absolute atomic E-state index is 0.0405. The molecule has 6 nitrogen and oxygen atoms in total. The van der Waals surface area contributed by atoms with Crippen molar-refractivity contribution >= 4 is 11.8 Å². The number of nitrogens with one attached hydrogen (secondary N) is 1. The first-order valence-electron chi connectivity index (χ1n) is 9.94. The first-order valence-corrected chi connectivity index (χ1v) is 9.94. The highest BCUT2D eigenvalue weighted by Crippen LogP contribution is 2.32. The van der Waals surface area contributed by atoms with Crippen molar-refractivity contribution in [3.63, 3.8) is 0 Å². The van der Waals surface area contributed by atoms with Gasteiger partial charge < -0.3 is 19.7 Å². The summed E-state index contributed by atoms with van der Waals surface area (Å²) in [6.45, 7) is 8.90. The number of fused-ring (bicyclic) bond motifs is 1. The van der Waals surface area contributed by atoms with Crippen LogP contribution in [-0.2, 0) is 11.3 Å². The number of carbonyl (C=O) groups excluding carboxylic acids is 2. The van der Waals surface area contributed by atoms with Crippen molar-refractivity contribution in [3.05, 3.63) is 59.2 Å². The fourth-order valence-corrected chi connectivity index (χ4v) is 3.36. The van der Waals surface area contributed by atoms with Crippen molar-refractivity contribution in [2.24, 2.45) is 5.92 Å². The van der Waals surface area contributed by atoms with Gasteiger partial charge in [-0.3, -0.25) is 9.59 Å². The van der Waals surface area contributed by atoms with Crippen LogP contribution in [0, 0.1) is 12.8 Å². The molecule has 29 heavy (non-hydrogen) atoms. The Morgan fingerprint density at radius 1 is 1.10 bits per heavy atom. The summed E-state index contributed by atoms with van der Waals surface area (Å²) in [6.07, 6.45) is 0. The Kier molecular flexibility index (Phi) is 6.42. The van der Waals surface area contributed by atoms with Gasteiger partial charge in [-0.15, -0.1) is 0 Å². The fourth-order valence-electron chi connectivity index (χ4n) is 3.36. The summed E-state index contributed by atoms with van der Waals surface area (Å²) in [5, 5.41) is 2.94. The third-order valence-electron chi connectivity index (χ3n) is 5.11. The number of nitrogens with zero attached hydrogens (tertiary/aromatic N) is 1. The number of rotatable bonds is 7. The molecule has 1 aliphatic rings. The molecule has 0 fully saturated rings. The second kappa shape index (κ2) is 8.99. The van der Waals surface area contributed by atoms with Crippen molar-refractivity contribution in [2.75, 3.05) is 13.3 Å². The molecule has 0 spiro atoms. The highest BCUT2D eigenvalue weighted by atomic mass is 16.7. The quantitative estimate of drug-likeness (QED) is 0.778. The Hall–Kier alpha value is -3.02. The lowest BCUT2D eigenvalue weighted by Gasteiger charge is -2.29. The van der Waals surface area contributed by atoms with E-state index in [0.29, 0.717) is 30.2 Å². The number of hydrogen-bond acceptors (Lipinski definition) is 4. The van der Waals surface area contributed by atoms with Crippen LogP contribution in [0.15, 0.2) is 42.5 Å². The number of hydrogen-bond donors (Lipinski definition) is 1. The van der Waals surface area contributed by atoms with Crippen LogP contribution in [0.25, 0.3) is 0 Å². The molecule has 0 unspecified atom stereocenters. The zero-order valence-electron chi connectivity index (χ0n) is 17.4. The molecule has 2 aromatic carbocycles. The van der Waals surface area contributed by atoms with Crippen molar-refractivity contribution in [2.45, 2.75) is 40.3 Å². The molecule has 0 saturated heterocycles. The van der Waals surface area contributed by atoms with Gasteiger partial charge in [0.1, 0.15) is 6.04 Å². The molecule has 1 N–H and O–H groups in total. The standard InChI is InChI=1S/C23H28N2O4/c1-5-25(13-17-10-11-19-20(12-17)29-14-28-19)23(27)21(15(2)3)24-22(26)18-9-7-6-8-16(18)4/h6-12,15,21H,5,13-14H2,1-4H3,(H,24,26)/t21-/m0/s1. The van der Waals surface area contributed by atoms with Gasteiger partial charge >= 0.3 is 0 Å². The maximum Gasteiger partial charge on any atom is 0.252 e. The summed E-state index contributed by atoms with van der Waals surface area (Å²) in [5.41, 5.74) is 2.43. The monoisotopic (exact) mass is 396 g/mol. The third-order valence-corrected chi connectivity index (χ3v) is 5.11. The van der Waals surface area contributed by atoms with Gasteiger partial charge in [-0.05, 0) is 49.1 Å². The Morgan fingerprint density at radius 3 is 2.52 bits per heavy atom. The van der Waals surface area contributed by atoms with E-state index < -0.39 is 6.04 Å². The first-order chi connectivity index (χ1) is 13.9. The number of ether oxygens (including phenoxy) is 2. The summed E-state index contributed by atoms with van der Waals surface area (Å²) in [5.74, 6) is 1.05. The lowest BCUT2D eigenvalue weighted by atomic mass is 10.0. The van der Waals surface area contributed by atoms with Gasteiger partial charge in [-0.2, -0.15) is 0 Å². The Bertz CT molecular complexity index is 894. The Balaban J connectivity index is 1.74. The summed E-state index contributed by atoms with van der Waals surface area (Å²) in [6, 6.07) is 12.5. The molecule has 1 atom stereocenters. The second-order valence-corrected chi connectivity index (χ2v) is 7.55. The van der Waals surface area contributed by atoms with Crippen LogP contribution < -0.4 is 14.8 Å². The summed E-state index contributed by atoms with van der Waals surface area (Å²) in [4.78, 5) is 27.8. The van der Waals surface area contributed by atoms with Crippen LogP contribution >= 0.6 is 0 Å². The van der Waals surface area contributed by atoms with Gasteiger partial charge in [0.25, 0.3) is 5.91 Å². The average molecular weight is 396 g/mol. The Labute approximate surface area is 171 Å². The molecular formula is C23H28N2O4. The molecule has 0 radical (unpaired) electrons. The number of amides is 2. The van der Waals surface area contributed by atoms with Gasteiger partial charge in [0, 0.05) is 18.7 Å². The number of benzene rings is 2. The van der Waals surface area contributed by atoms with Crippen molar-refractivity contribution in [3.8, 4) is 11.5 Å². The minimum Gasteiger partial charge on any atom is -0.454 e. The van der Waals surface area contributed by atoms with Gasteiger partial charge in [-0.25, -0.2) is 0 Å². The van der Waals surface area contributed by atoms with Crippen molar-refractivity contribution in [1.82, 2.24) is 10.2 Å². The third kappa shape index (κ3) is 4.70. The Morgan fingerprint density at radius 2 is 1.83 bits per heavy atom. The molecule has 2 amide bonds. The normalized spacial score (nSPS) is 13.3. The molecule has 154 valence electrons. The summed E-state index contributed by atoms with van der Waals surface area (Å²) in [7, 11) is 0. The average Bonchev–Trinajstić information content (AvgIpc) is 3.17. The van der Waals surface area contributed by atoms with E-state index in [-0.39, 0.29) is 24.5 Å². The highest BCUT2D eigenvalue weighted by Gasteiger charge is 2.29. The molecule has 0 aliphatic carbocycles. The number of carbonyl (C=O) groups is 2. The van der Waals surface area contributed by atoms with Crippen molar-refractivity contribution < 1.29 is 19.1 Å². The lowest BCUT2D eigenvalue weighted by Crippen LogP contribution is -2.51. The molecule has 0 saturated carbocycles. The van der Waals surface area contributed by atoms with E-state index in [2.05, 4.69) is 5.32 Å². The summed E-state index contributed by atoms with van der Waals surface area (Å²) >= 11 is 0.